The lowest BCUT2D eigenvalue weighted by atomic mass is 9.99. The van der Waals surface area contributed by atoms with Crippen molar-refractivity contribution in [2.24, 2.45) is 0 Å². The number of fused-ring (bicyclic) bond motifs is 1. The van der Waals surface area contributed by atoms with Crippen molar-refractivity contribution in [2.45, 2.75) is 19.2 Å². The van der Waals surface area contributed by atoms with E-state index in [1.165, 1.54) is 4.90 Å². The largest absolute Gasteiger partial charge is 0.388 e. The molecule has 2 atom stereocenters. The fraction of sp³-hybridized carbons (Fsp3) is 0.238. The van der Waals surface area contributed by atoms with Gasteiger partial charge in [-0.05, 0) is 42.3 Å². The van der Waals surface area contributed by atoms with Crippen molar-refractivity contribution in [1.82, 2.24) is 9.88 Å². The van der Waals surface area contributed by atoms with Gasteiger partial charge in [0.25, 0.3) is 5.91 Å². The molecule has 0 bridgehead atoms. The Morgan fingerprint density at radius 2 is 1.88 bits per heavy atom. The van der Waals surface area contributed by atoms with Crippen molar-refractivity contribution in [3.05, 3.63) is 65.9 Å². The summed E-state index contributed by atoms with van der Waals surface area (Å²) >= 11 is 0. The van der Waals surface area contributed by atoms with Crippen LogP contribution in [0.5, 0.6) is 0 Å². The zero-order valence-electron chi connectivity index (χ0n) is 14.4. The van der Waals surface area contributed by atoms with E-state index in [0.717, 1.165) is 27.7 Å². The van der Waals surface area contributed by atoms with E-state index >= 15 is 0 Å². The number of aromatic nitrogens is 1. The second-order valence-corrected chi connectivity index (χ2v) is 6.70. The van der Waals surface area contributed by atoms with Gasteiger partial charge in [-0.15, -0.1) is 0 Å². The lowest BCUT2D eigenvalue weighted by molar-refractivity contribution is 0.0764. The molecule has 0 aliphatic carbocycles. The van der Waals surface area contributed by atoms with Crippen LogP contribution >= 0.6 is 0 Å². The molecule has 2 aromatic carbocycles. The molecule has 1 N–H and O–H groups in total. The van der Waals surface area contributed by atoms with Gasteiger partial charge in [0.1, 0.15) is 12.3 Å². The Morgan fingerprint density at radius 3 is 2.58 bits per heavy atom. The molecule has 0 radical (unpaired) electrons. The number of hydrogen-bond donors (Lipinski definition) is 1. The number of aryl methyl sites for hydroxylation is 1. The van der Waals surface area contributed by atoms with Gasteiger partial charge in [0, 0.05) is 23.2 Å². The van der Waals surface area contributed by atoms with Gasteiger partial charge < -0.3 is 10.0 Å². The number of aliphatic hydroxyl groups excluding tert-OH is 1. The lowest BCUT2D eigenvalue weighted by Crippen LogP contribution is -2.29. The van der Waals surface area contributed by atoms with Crippen LogP contribution in [0.15, 0.2) is 54.6 Å². The third-order valence-electron chi connectivity index (χ3n) is 4.82. The smallest absolute Gasteiger partial charge is 0.254 e. The summed E-state index contributed by atoms with van der Waals surface area (Å²) in [6.45, 7) is 1.94. The number of rotatable bonds is 2. The number of aliphatic hydroxyl groups is 1. The van der Waals surface area contributed by atoms with Gasteiger partial charge in [-0.2, -0.15) is 0 Å². The first-order valence-electron chi connectivity index (χ1n) is 8.61. The lowest BCUT2D eigenvalue weighted by Gasteiger charge is -2.15. The summed E-state index contributed by atoms with van der Waals surface area (Å²) in [5.74, 6) is -0.258. The Hall–Kier alpha value is -2.79. The van der Waals surface area contributed by atoms with Gasteiger partial charge in [-0.3, -0.25) is 9.78 Å². The number of likely N-dealkylation sites (tertiary alicyclic amines) is 1. The van der Waals surface area contributed by atoms with E-state index in [4.69, 9.17) is 0 Å². The highest BCUT2D eigenvalue weighted by Gasteiger charge is 2.34. The summed E-state index contributed by atoms with van der Waals surface area (Å²) in [4.78, 5) is 18.4. The molecular weight excluding hydrogens is 331 g/mol. The van der Waals surface area contributed by atoms with Gasteiger partial charge in [-0.1, -0.05) is 30.3 Å². The molecule has 2 heterocycles. The highest BCUT2D eigenvalue weighted by atomic mass is 19.1. The summed E-state index contributed by atoms with van der Waals surface area (Å²) in [5.41, 5.74) is 4.43. The van der Waals surface area contributed by atoms with Crippen molar-refractivity contribution in [2.75, 3.05) is 13.1 Å². The van der Waals surface area contributed by atoms with E-state index in [0.29, 0.717) is 5.56 Å². The monoisotopic (exact) mass is 350 g/mol. The van der Waals surface area contributed by atoms with Gasteiger partial charge in [0.15, 0.2) is 0 Å². The molecule has 132 valence electrons. The number of alkyl halides is 1. The van der Waals surface area contributed by atoms with E-state index < -0.39 is 12.3 Å². The SMILES string of the molecule is Cc1ccc2c(-c3ccc(C(=O)N4C[C@@H](O)[C@H](F)C4)cc3)cccc2n1. The molecule has 4 rings (SSSR count). The van der Waals surface area contributed by atoms with Crippen molar-refractivity contribution in [1.29, 1.82) is 0 Å². The fourth-order valence-corrected chi connectivity index (χ4v) is 3.40. The molecule has 4 nitrogen and oxygen atoms in total. The van der Waals surface area contributed by atoms with E-state index in [1.807, 2.05) is 43.3 Å². The molecular formula is C21H19FN2O2. The highest BCUT2D eigenvalue weighted by Crippen LogP contribution is 2.28. The van der Waals surface area contributed by atoms with Gasteiger partial charge >= 0.3 is 0 Å². The van der Waals surface area contributed by atoms with Crippen molar-refractivity contribution in [3.63, 3.8) is 0 Å². The van der Waals surface area contributed by atoms with Crippen molar-refractivity contribution in [3.8, 4) is 11.1 Å². The molecule has 1 aromatic heterocycles. The van der Waals surface area contributed by atoms with E-state index in [1.54, 1.807) is 12.1 Å². The zero-order chi connectivity index (χ0) is 18.3. The van der Waals surface area contributed by atoms with E-state index in [-0.39, 0.29) is 19.0 Å². The zero-order valence-corrected chi connectivity index (χ0v) is 14.4. The first-order valence-corrected chi connectivity index (χ1v) is 8.61. The standard InChI is InChI=1S/C21H19FN2O2/c1-13-5-10-17-16(3-2-4-19(17)23-13)14-6-8-15(9-7-14)21(26)24-11-18(22)20(25)12-24/h2-10,18,20,25H,11-12H2,1H3/t18-,20-/m1/s1. The molecule has 26 heavy (non-hydrogen) atoms. The summed E-state index contributed by atoms with van der Waals surface area (Å²) in [7, 11) is 0. The van der Waals surface area contributed by atoms with Crippen molar-refractivity contribution < 1.29 is 14.3 Å². The minimum atomic E-state index is -1.37. The first-order chi connectivity index (χ1) is 12.5. The van der Waals surface area contributed by atoms with Gasteiger partial charge in [-0.25, -0.2) is 4.39 Å². The average molecular weight is 350 g/mol. The van der Waals surface area contributed by atoms with Crippen LogP contribution in [-0.4, -0.2) is 46.3 Å². The molecule has 0 unspecified atom stereocenters. The Balaban J connectivity index is 1.64. The number of amides is 1. The van der Waals surface area contributed by atoms with Gasteiger partial charge in [0.2, 0.25) is 0 Å². The topological polar surface area (TPSA) is 53.4 Å². The number of carbonyl (C=O) groups excluding carboxylic acids is 1. The molecule has 1 aliphatic rings. The molecule has 1 fully saturated rings. The van der Waals surface area contributed by atoms with E-state index in [2.05, 4.69) is 11.1 Å². The molecule has 1 aliphatic heterocycles. The van der Waals surface area contributed by atoms with Crippen LogP contribution in [0, 0.1) is 6.92 Å². The minimum absolute atomic E-state index is 0.0378. The number of benzene rings is 2. The van der Waals surface area contributed by atoms with Crippen LogP contribution in [-0.2, 0) is 0 Å². The summed E-state index contributed by atoms with van der Waals surface area (Å²) in [6.07, 6.45) is -2.46. The van der Waals surface area contributed by atoms with Crippen LogP contribution in [0.3, 0.4) is 0 Å². The number of β-amino-alcohol motifs (C(OH)–C–C–N with tert-alkyl or cyclic N) is 1. The third kappa shape index (κ3) is 2.95. The van der Waals surface area contributed by atoms with Crippen LogP contribution in [0.1, 0.15) is 16.1 Å². The molecule has 1 saturated heterocycles. The number of hydrogen-bond acceptors (Lipinski definition) is 3. The van der Waals surface area contributed by atoms with Crippen LogP contribution in [0.25, 0.3) is 22.0 Å². The normalized spacial score (nSPS) is 19.9. The summed E-state index contributed by atoms with van der Waals surface area (Å²) in [6, 6.07) is 17.3. The molecule has 3 aromatic rings. The van der Waals surface area contributed by atoms with Gasteiger partial charge in [0.05, 0.1) is 12.1 Å². The van der Waals surface area contributed by atoms with Crippen LogP contribution in [0.2, 0.25) is 0 Å². The summed E-state index contributed by atoms with van der Waals surface area (Å²) < 4.78 is 13.5. The Morgan fingerprint density at radius 1 is 1.12 bits per heavy atom. The number of halogens is 1. The Bertz CT molecular complexity index is 961. The number of pyridine rings is 1. The number of carbonyl (C=O) groups is 1. The Labute approximate surface area is 150 Å². The maximum atomic E-state index is 13.5. The highest BCUT2D eigenvalue weighted by molar-refractivity contribution is 5.97. The second-order valence-electron chi connectivity index (χ2n) is 6.70. The molecule has 1 amide bonds. The molecule has 0 saturated carbocycles. The first kappa shape index (κ1) is 16.7. The molecule has 5 heteroatoms. The van der Waals surface area contributed by atoms with Crippen LogP contribution < -0.4 is 0 Å². The Kier molecular flexibility index (Phi) is 4.17. The second kappa shape index (κ2) is 6.50. The maximum absolute atomic E-state index is 13.5. The van der Waals surface area contributed by atoms with Crippen molar-refractivity contribution >= 4 is 16.8 Å². The fourth-order valence-electron chi connectivity index (χ4n) is 3.40. The maximum Gasteiger partial charge on any atom is 0.254 e. The minimum Gasteiger partial charge on any atom is -0.388 e. The average Bonchev–Trinajstić information content (AvgIpc) is 2.99. The third-order valence-corrected chi connectivity index (χ3v) is 4.82. The van der Waals surface area contributed by atoms with E-state index in [9.17, 15) is 14.3 Å². The van der Waals surface area contributed by atoms with Crippen LogP contribution in [0.4, 0.5) is 4.39 Å². The quantitative estimate of drug-likeness (QED) is 0.771. The number of nitrogens with zero attached hydrogens (tertiary/aromatic N) is 2. The predicted octanol–water partition coefficient (Wildman–Crippen LogP) is 3.37. The predicted molar refractivity (Wildman–Crippen MR) is 98.7 cm³/mol. The summed E-state index contributed by atoms with van der Waals surface area (Å²) in [5, 5.41) is 10.6. The molecule has 0 spiro atoms.